The minimum Gasteiger partial charge on any atom is -0.363 e. The molecule has 2 aromatic rings. The minimum absolute atomic E-state index is 0.144. The average Bonchev–Trinajstić information content (AvgIpc) is 2.54. The number of pyridine rings is 2. The summed E-state index contributed by atoms with van der Waals surface area (Å²) in [5.41, 5.74) is 3.95. The van der Waals surface area contributed by atoms with E-state index < -0.39 is 0 Å². The molecule has 0 aliphatic rings. The zero-order valence-electron chi connectivity index (χ0n) is 13.7. The van der Waals surface area contributed by atoms with E-state index in [9.17, 15) is 4.79 Å². The molecule has 0 saturated heterocycles. The fourth-order valence-electron chi connectivity index (χ4n) is 2.54. The quantitative estimate of drug-likeness (QED) is 0.854. The van der Waals surface area contributed by atoms with Crippen molar-refractivity contribution in [3.05, 3.63) is 63.3 Å². The molecule has 0 atom stereocenters. The van der Waals surface area contributed by atoms with Crippen LogP contribution in [0.25, 0.3) is 0 Å². The van der Waals surface area contributed by atoms with Crippen LogP contribution in [0.4, 0.5) is 0 Å². The third-order valence-electron chi connectivity index (χ3n) is 3.95. The number of aromatic nitrogens is 2. The fraction of sp³-hybridized carbons (Fsp3) is 0.444. The van der Waals surface area contributed by atoms with Gasteiger partial charge < -0.3 is 4.98 Å². The van der Waals surface area contributed by atoms with Crippen LogP contribution in [0.15, 0.2) is 35.5 Å². The molecule has 2 heterocycles. The second-order valence-corrected chi connectivity index (χ2v) is 5.83. The summed E-state index contributed by atoms with van der Waals surface area (Å²) >= 11 is 0. The molecule has 0 aromatic carbocycles. The number of unbranched alkanes of at least 4 members (excludes halogenated alkanes) is 1. The van der Waals surface area contributed by atoms with Crippen LogP contribution in [0, 0.1) is 13.8 Å². The van der Waals surface area contributed by atoms with Gasteiger partial charge in [-0.05, 0) is 38.4 Å². The van der Waals surface area contributed by atoms with Crippen molar-refractivity contribution in [1.82, 2.24) is 14.9 Å². The smallest absolute Gasteiger partial charge is 0.187 e. The SMILES string of the molecule is CCCCN(Cc1cccnc1)Cc1[nH]cc(C)c(=O)c1C. The summed E-state index contributed by atoms with van der Waals surface area (Å²) in [4.78, 5) is 21.9. The van der Waals surface area contributed by atoms with Gasteiger partial charge in [-0.15, -0.1) is 0 Å². The van der Waals surface area contributed by atoms with Gasteiger partial charge in [-0.2, -0.15) is 0 Å². The lowest BCUT2D eigenvalue weighted by Gasteiger charge is -2.23. The summed E-state index contributed by atoms with van der Waals surface area (Å²) in [6.07, 6.45) is 7.82. The molecule has 1 N–H and O–H groups in total. The average molecular weight is 299 g/mol. The van der Waals surface area contributed by atoms with Crippen molar-refractivity contribution < 1.29 is 0 Å². The molecule has 0 aliphatic carbocycles. The van der Waals surface area contributed by atoms with E-state index >= 15 is 0 Å². The molecule has 2 rings (SSSR count). The minimum atomic E-state index is 0.144. The Morgan fingerprint density at radius 1 is 1.27 bits per heavy atom. The second-order valence-electron chi connectivity index (χ2n) is 5.83. The van der Waals surface area contributed by atoms with Gasteiger partial charge in [0.05, 0.1) is 0 Å². The van der Waals surface area contributed by atoms with E-state index in [4.69, 9.17) is 0 Å². The van der Waals surface area contributed by atoms with Crippen molar-refractivity contribution in [2.45, 2.75) is 46.7 Å². The fourth-order valence-corrected chi connectivity index (χ4v) is 2.54. The third-order valence-corrected chi connectivity index (χ3v) is 3.95. The van der Waals surface area contributed by atoms with Gasteiger partial charge >= 0.3 is 0 Å². The lowest BCUT2D eigenvalue weighted by molar-refractivity contribution is 0.248. The standard InChI is InChI=1S/C18H25N3O/c1-4-5-9-21(12-16-7-6-8-19-11-16)13-17-15(3)18(22)14(2)10-20-17/h6-8,10-11H,4-5,9,12-13H2,1-3H3,(H,20,22). The van der Waals surface area contributed by atoms with Crippen molar-refractivity contribution >= 4 is 0 Å². The van der Waals surface area contributed by atoms with E-state index in [-0.39, 0.29) is 5.43 Å². The normalized spacial score (nSPS) is 11.1. The van der Waals surface area contributed by atoms with Gasteiger partial charge in [-0.1, -0.05) is 19.4 Å². The third kappa shape index (κ3) is 4.28. The highest BCUT2D eigenvalue weighted by Crippen LogP contribution is 2.11. The van der Waals surface area contributed by atoms with Gasteiger partial charge in [0.25, 0.3) is 0 Å². The van der Waals surface area contributed by atoms with Crippen LogP contribution in [0.5, 0.6) is 0 Å². The molecule has 0 spiro atoms. The maximum atomic E-state index is 12.1. The molecule has 0 saturated carbocycles. The second kappa shape index (κ2) is 7.90. The van der Waals surface area contributed by atoms with E-state index in [1.807, 2.05) is 32.3 Å². The van der Waals surface area contributed by atoms with Crippen molar-refractivity contribution in [3.8, 4) is 0 Å². The van der Waals surface area contributed by atoms with Crippen LogP contribution in [0.1, 0.15) is 42.1 Å². The maximum absolute atomic E-state index is 12.1. The van der Waals surface area contributed by atoms with Gasteiger partial charge in [0.15, 0.2) is 5.43 Å². The number of nitrogens with one attached hydrogen (secondary N) is 1. The van der Waals surface area contributed by atoms with E-state index in [1.165, 1.54) is 5.56 Å². The molecule has 118 valence electrons. The van der Waals surface area contributed by atoms with Gasteiger partial charge in [0.1, 0.15) is 0 Å². The molecule has 0 unspecified atom stereocenters. The Morgan fingerprint density at radius 3 is 2.77 bits per heavy atom. The molecular formula is C18H25N3O. The molecular weight excluding hydrogens is 274 g/mol. The Balaban J connectivity index is 2.16. The van der Waals surface area contributed by atoms with E-state index in [0.29, 0.717) is 0 Å². The van der Waals surface area contributed by atoms with E-state index in [1.54, 1.807) is 6.20 Å². The number of aryl methyl sites for hydroxylation is 1. The van der Waals surface area contributed by atoms with Gasteiger partial charge in [-0.25, -0.2) is 0 Å². The topological polar surface area (TPSA) is 49.0 Å². The van der Waals surface area contributed by atoms with Crippen molar-refractivity contribution in [3.63, 3.8) is 0 Å². The van der Waals surface area contributed by atoms with E-state index in [0.717, 1.165) is 49.3 Å². The van der Waals surface area contributed by atoms with Crippen molar-refractivity contribution in [2.75, 3.05) is 6.54 Å². The van der Waals surface area contributed by atoms with Crippen molar-refractivity contribution in [2.24, 2.45) is 0 Å². The summed E-state index contributed by atoms with van der Waals surface area (Å²) in [5.74, 6) is 0. The first-order valence-corrected chi connectivity index (χ1v) is 7.90. The number of hydrogen-bond acceptors (Lipinski definition) is 3. The van der Waals surface area contributed by atoms with Crippen LogP contribution >= 0.6 is 0 Å². The number of nitrogens with zero attached hydrogens (tertiary/aromatic N) is 2. The van der Waals surface area contributed by atoms with E-state index in [2.05, 4.69) is 27.9 Å². The zero-order valence-corrected chi connectivity index (χ0v) is 13.7. The molecule has 22 heavy (non-hydrogen) atoms. The highest BCUT2D eigenvalue weighted by Gasteiger charge is 2.11. The number of H-pyrrole nitrogens is 1. The van der Waals surface area contributed by atoms with Gasteiger partial charge in [0.2, 0.25) is 0 Å². The first kappa shape index (κ1) is 16.4. The monoisotopic (exact) mass is 299 g/mol. The first-order valence-electron chi connectivity index (χ1n) is 7.90. The van der Waals surface area contributed by atoms with Crippen LogP contribution < -0.4 is 5.43 Å². The van der Waals surface area contributed by atoms with Crippen LogP contribution in [-0.4, -0.2) is 21.4 Å². The summed E-state index contributed by atoms with van der Waals surface area (Å²) in [5, 5.41) is 0. The van der Waals surface area contributed by atoms with Gasteiger partial charge in [0, 0.05) is 48.5 Å². The summed E-state index contributed by atoms with van der Waals surface area (Å²) < 4.78 is 0. The largest absolute Gasteiger partial charge is 0.363 e. The van der Waals surface area contributed by atoms with Crippen LogP contribution in [-0.2, 0) is 13.1 Å². The highest BCUT2D eigenvalue weighted by atomic mass is 16.1. The summed E-state index contributed by atoms with van der Waals surface area (Å²) in [6, 6.07) is 4.06. The molecule has 0 aliphatic heterocycles. The molecule has 0 radical (unpaired) electrons. The summed E-state index contributed by atoms with van der Waals surface area (Å²) in [7, 11) is 0. The Kier molecular flexibility index (Phi) is 5.90. The Hall–Kier alpha value is -1.94. The zero-order chi connectivity index (χ0) is 15.9. The molecule has 0 amide bonds. The molecule has 0 fully saturated rings. The maximum Gasteiger partial charge on any atom is 0.187 e. The first-order chi connectivity index (χ1) is 10.6. The van der Waals surface area contributed by atoms with Crippen LogP contribution in [0.3, 0.4) is 0 Å². The molecule has 2 aromatic heterocycles. The number of rotatable bonds is 7. The number of hydrogen-bond donors (Lipinski definition) is 1. The van der Waals surface area contributed by atoms with Gasteiger partial charge in [-0.3, -0.25) is 14.7 Å². The number of aromatic amines is 1. The van der Waals surface area contributed by atoms with Crippen LogP contribution in [0.2, 0.25) is 0 Å². The molecule has 0 bridgehead atoms. The predicted octanol–water partition coefficient (Wildman–Crippen LogP) is 3.19. The lowest BCUT2D eigenvalue weighted by Crippen LogP contribution is -2.26. The molecule has 4 heteroatoms. The Bertz CT molecular complexity index is 649. The Labute approximate surface area is 132 Å². The Morgan fingerprint density at radius 2 is 2.09 bits per heavy atom. The highest BCUT2D eigenvalue weighted by molar-refractivity contribution is 5.23. The predicted molar refractivity (Wildman–Crippen MR) is 89.8 cm³/mol. The molecule has 4 nitrogen and oxygen atoms in total. The lowest BCUT2D eigenvalue weighted by atomic mass is 10.1. The van der Waals surface area contributed by atoms with Crippen molar-refractivity contribution in [1.29, 1.82) is 0 Å². The summed E-state index contributed by atoms with van der Waals surface area (Å²) in [6.45, 7) is 8.57.